The second kappa shape index (κ2) is 5.08. The molecule has 0 fully saturated rings. The summed E-state index contributed by atoms with van der Waals surface area (Å²) in [5.74, 6) is 0. The lowest BCUT2D eigenvalue weighted by Crippen LogP contribution is -2.14. The summed E-state index contributed by atoms with van der Waals surface area (Å²) in [5, 5.41) is 0. The molecule has 0 aromatic carbocycles. The lowest BCUT2D eigenvalue weighted by atomic mass is 10.4. The van der Waals surface area contributed by atoms with Crippen molar-refractivity contribution in [2.24, 2.45) is 0 Å². The van der Waals surface area contributed by atoms with Crippen LogP contribution in [0, 0.1) is 0 Å². The van der Waals surface area contributed by atoms with Crippen molar-refractivity contribution < 1.29 is 19.1 Å². The van der Waals surface area contributed by atoms with Crippen LogP contribution in [0.5, 0.6) is 0 Å². The summed E-state index contributed by atoms with van der Waals surface area (Å²) in [6.07, 6.45) is -0.354. The number of carbonyl (C=O) groups excluding carboxylic acids is 2. The van der Waals surface area contributed by atoms with Crippen molar-refractivity contribution in [2.75, 3.05) is 6.61 Å². The Labute approximate surface area is 52.7 Å². The minimum absolute atomic E-state index is 0.113. The predicted molar refractivity (Wildman–Crippen MR) is 28.6 cm³/mol. The van der Waals surface area contributed by atoms with E-state index in [1.54, 1.807) is 6.92 Å². The van der Waals surface area contributed by atoms with Crippen LogP contribution in [-0.4, -0.2) is 25.7 Å². The van der Waals surface area contributed by atoms with Gasteiger partial charge in [0.2, 0.25) is 0 Å². The van der Waals surface area contributed by atoms with Crippen LogP contribution in [0.25, 0.3) is 0 Å². The maximum atomic E-state index is 9.61. The lowest BCUT2D eigenvalue weighted by molar-refractivity contribution is -0.141. The predicted octanol–water partition coefficient (Wildman–Crippen LogP) is -0.279. The van der Waals surface area contributed by atoms with Crippen molar-refractivity contribution in [1.82, 2.24) is 0 Å². The van der Waals surface area contributed by atoms with Crippen molar-refractivity contribution >= 4 is 12.9 Å². The number of rotatable bonds is 5. The van der Waals surface area contributed by atoms with Crippen molar-refractivity contribution in [2.45, 2.75) is 13.0 Å². The summed E-state index contributed by atoms with van der Waals surface area (Å²) in [5.41, 5.74) is 0. The molecule has 0 heterocycles. The molecule has 1 atom stereocenters. The smallest absolute Gasteiger partial charge is 0.293 e. The summed E-state index contributed by atoms with van der Waals surface area (Å²) in [6.45, 7) is 2.36. The van der Waals surface area contributed by atoms with Gasteiger partial charge in [0.15, 0.2) is 0 Å². The Morgan fingerprint density at radius 1 is 1.44 bits per heavy atom. The van der Waals surface area contributed by atoms with Crippen molar-refractivity contribution in [3.63, 3.8) is 0 Å². The van der Waals surface area contributed by atoms with Crippen LogP contribution in [-0.2, 0) is 19.1 Å². The largest absolute Gasteiger partial charge is 0.464 e. The second-order valence-corrected chi connectivity index (χ2v) is 1.47. The normalized spacial score (nSPS) is 11.7. The standard InChI is InChI=1S/C5H8O4/c1-5(9-4-7)2-8-3-6/h3-5H,2H2,1H3/t5-/m1/s1. The molecule has 0 aliphatic carbocycles. The van der Waals surface area contributed by atoms with Gasteiger partial charge in [0.25, 0.3) is 12.9 Å². The van der Waals surface area contributed by atoms with Crippen molar-refractivity contribution in [3.8, 4) is 0 Å². The zero-order valence-electron chi connectivity index (χ0n) is 5.07. The highest BCUT2D eigenvalue weighted by Crippen LogP contribution is 1.85. The molecule has 0 amide bonds. The van der Waals surface area contributed by atoms with E-state index in [4.69, 9.17) is 0 Å². The van der Waals surface area contributed by atoms with E-state index in [0.717, 1.165) is 0 Å². The van der Waals surface area contributed by atoms with E-state index in [-0.39, 0.29) is 12.7 Å². The van der Waals surface area contributed by atoms with Gasteiger partial charge in [-0.25, -0.2) is 0 Å². The van der Waals surface area contributed by atoms with Crippen molar-refractivity contribution in [1.29, 1.82) is 0 Å². The molecule has 0 radical (unpaired) electrons. The number of hydrogen-bond donors (Lipinski definition) is 0. The van der Waals surface area contributed by atoms with Gasteiger partial charge in [0.05, 0.1) is 0 Å². The Balaban J connectivity index is 3.14. The van der Waals surface area contributed by atoms with Gasteiger partial charge in [-0.05, 0) is 6.92 Å². The summed E-state index contributed by atoms with van der Waals surface area (Å²) in [6, 6.07) is 0. The fourth-order valence-corrected chi connectivity index (χ4v) is 0.309. The molecule has 4 nitrogen and oxygen atoms in total. The number of carbonyl (C=O) groups is 2. The SMILES string of the molecule is C[C@H](COC=O)OC=O. The zero-order chi connectivity index (χ0) is 7.11. The molecule has 52 valence electrons. The van der Waals surface area contributed by atoms with Crippen LogP contribution in [0.1, 0.15) is 6.92 Å². The Morgan fingerprint density at radius 3 is 2.56 bits per heavy atom. The van der Waals surface area contributed by atoms with E-state index in [0.29, 0.717) is 12.9 Å². The lowest BCUT2D eigenvalue weighted by Gasteiger charge is -2.05. The molecule has 0 aliphatic heterocycles. The molecule has 9 heavy (non-hydrogen) atoms. The topological polar surface area (TPSA) is 52.6 Å². The summed E-state index contributed by atoms with van der Waals surface area (Å²) < 4.78 is 8.66. The second-order valence-electron chi connectivity index (χ2n) is 1.47. The van der Waals surface area contributed by atoms with Crippen LogP contribution < -0.4 is 0 Å². The molecule has 0 bridgehead atoms. The molecule has 0 aromatic rings. The first-order valence-corrected chi connectivity index (χ1v) is 2.45. The molecule has 0 unspecified atom stereocenters. The Kier molecular flexibility index (Phi) is 4.49. The average molecular weight is 132 g/mol. The van der Waals surface area contributed by atoms with Gasteiger partial charge in [0.1, 0.15) is 12.7 Å². The van der Waals surface area contributed by atoms with Gasteiger partial charge < -0.3 is 9.47 Å². The highest BCUT2D eigenvalue weighted by atomic mass is 16.6. The zero-order valence-corrected chi connectivity index (χ0v) is 5.07. The fraction of sp³-hybridized carbons (Fsp3) is 0.600. The molecular formula is C5H8O4. The van der Waals surface area contributed by atoms with E-state index < -0.39 is 0 Å². The van der Waals surface area contributed by atoms with Crippen LogP contribution >= 0.6 is 0 Å². The van der Waals surface area contributed by atoms with E-state index in [1.807, 2.05) is 0 Å². The molecule has 0 saturated heterocycles. The van der Waals surface area contributed by atoms with Crippen molar-refractivity contribution in [3.05, 3.63) is 0 Å². The highest BCUT2D eigenvalue weighted by molar-refractivity contribution is 5.38. The quantitative estimate of drug-likeness (QED) is 0.483. The summed E-state index contributed by atoms with van der Waals surface area (Å²) in [4.78, 5) is 19.2. The maximum Gasteiger partial charge on any atom is 0.293 e. The van der Waals surface area contributed by atoms with Gasteiger partial charge in [-0.1, -0.05) is 0 Å². The van der Waals surface area contributed by atoms with Crippen LogP contribution in [0.2, 0.25) is 0 Å². The highest BCUT2D eigenvalue weighted by Gasteiger charge is 1.98. The minimum Gasteiger partial charge on any atom is -0.464 e. The molecule has 0 rings (SSSR count). The fourth-order valence-electron chi connectivity index (χ4n) is 0.309. The monoisotopic (exact) mass is 132 g/mol. The van der Waals surface area contributed by atoms with E-state index >= 15 is 0 Å². The minimum atomic E-state index is -0.354. The summed E-state index contributed by atoms with van der Waals surface area (Å²) in [7, 11) is 0. The maximum absolute atomic E-state index is 9.61. The summed E-state index contributed by atoms with van der Waals surface area (Å²) >= 11 is 0. The molecule has 0 saturated carbocycles. The first-order chi connectivity index (χ1) is 4.31. The average Bonchev–Trinajstić information content (AvgIpc) is 1.85. The molecule has 0 N–H and O–H groups in total. The molecule has 0 spiro atoms. The third kappa shape index (κ3) is 4.80. The van der Waals surface area contributed by atoms with Gasteiger partial charge in [-0.3, -0.25) is 9.59 Å². The number of hydrogen-bond acceptors (Lipinski definition) is 4. The van der Waals surface area contributed by atoms with E-state index in [2.05, 4.69) is 9.47 Å². The van der Waals surface area contributed by atoms with Crippen LogP contribution in [0.4, 0.5) is 0 Å². The third-order valence-electron chi connectivity index (χ3n) is 0.687. The third-order valence-corrected chi connectivity index (χ3v) is 0.687. The Morgan fingerprint density at radius 2 is 2.11 bits per heavy atom. The van der Waals surface area contributed by atoms with Crippen LogP contribution in [0.15, 0.2) is 0 Å². The van der Waals surface area contributed by atoms with E-state index in [1.165, 1.54) is 0 Å². The molecule has 4 heteroatoms. The molecule has 0 aliphatic rings. The molecular weight excluding hydrogens is 124 g/mol. The van der Waals surface area contributed by atoms with Gasteiger partial charge in [-0.2, -0.15) is 0 Å². The van der Waals surface area contributed by atoms with Gasteiger partial charge >= 0.3 is 0 Å². The first kappa shape index (κ1) is 7.94. The Bertz CT molecular complexity index is 91.0. The Hall–Kier alpha value is -1.06. The van der Waals surface area contributed by atoms with E-state index in [9.17, 15) is 9.59 Å². The first-order valence-electron chi connectivity index (χ1n) is 2.45. The van der Waals surface area contributed by atoms with Crippen LogP contribution in [0.3, 0.4) is 0 Å². The molecule has 0 aromatic heterocycles. The number of ether oxygens (including phenoxy) is 2. The van der Waals surface area contributed by atoms with Gasteiger partial charge in [-0.15, -0.1) is 0 Å². The van der Waals surface area contributed by atoms with Gasteiger partial charge in [0, 0.05) is 0 Å².